The number of hydrogen-bond acceptors (Lipinski definition) is 3. The average molecular weight is 317 g/mol. The molecule has 3 nitrogen and oxygen atoms in total. The standard InChI is InChI=1S/C18H21ClN2O/c19-14-4-8-17(9-5-14)22-18-10-6-15(7-11-18)21-13-16-3-1-2-12-20-16/h4-11,16,20-21H,1-3,12-13H2. The summed E-state index contributed by atoms with van der Waals surface area (Å²) in [6, 6.07) is 16.0. The number of benzene rings is 2. The van der Waals surface area contributed by atoms with Gasteiger partial charge in [0.25, 0.3) is 0 Å². The van der Waals surface area contributed by atoms with Gasteiger partial charge in [0.1, 0.15) is 11.5 Å². The maximum atomic E-state index is 5.87. The van der Waals surface area contributed by atoms with Crippen LogP contribution in [-0.2, 0) is 0 Å². The van der Waals surface area contributed by atoms with E-state index >= 15 is 0 Å². The molecule has 22 heavy (non-hydrogen) atoms. The Hall–Kier alpha value is -1.71. The third kappa shape index (κ3) is 4.39. The minimum absolute atomic E-state index is 0.582. The van der Waals surface area contributed by atoms with Gasteiger partial charge in [-0.3, -0.25) is 0 Å². The topological polar surface area (TPSA) is 33.3 Å². The lowest BCUT2D eigenvalue weighted by molar-refractivity contribution is 0.414. The van der Waals surface area contributed by atoms with Crippen molar-refractivity contribution in [1.29, 1.82) is 0 Å². The Morgan fingerprint density at radius 3 is 2.32 bits per heavy atom. The highest BCUT2D eigenvalue weighted by Gasteiger charge is 2.11. The van der Waals surface area contributed by atoms with Crippen LogP contribution in [0.15, 0.2) is 48.5 Å². The fourth-order valence-electron chi connectivity index (χ4n) is 2.62. The predicted octanol–water partition coefficient (Wildman–Crippen LogP) is 4.69. The lowest BCUT2D eigenvalue weighted by Crippen LogP contribution is -2.39. The molecule has 1 atom stereocenters. The highest BCUT2D eigenvalue weighted by atomic mass is 35.5. The first kappa shape index (κ1) is 15.2. The van der Waals surface area contributed by atoms with Crippen LogP contribution in [0, 0.1) is 0 Å². The molecule has 2 aromatic rings. The van der Waals surface area contributed by atoms with Gasteiger partial charge in [0.2, 0.25) is 0 Å². The zero-order valence-electron chi connectivity index (χ0n) is 12.5. The van der Waals surface area contributed by atoms with Crippen LogP contribution in [0.25, 0.3) is 0 Å². The molecule has 3 rings (SSSR count). The largest absolute Gasteiger partial charge is 0.457 e. The van der Waals surface area contributed by atoms with E-state index in [1.807, 2.05) is 48.5 Å². The molecule has 1 saturated heterocycles. The third-order valence-electron chi connectivity index (χ3n) is 3.87. The van der Waals surface area contributed by atoms with Crippen molar-refractivity contribution in [3.05, 3.63) is 53.6 Å². The molecule has 0 amide bonds. The number of nitrogens with one attached hydrogen (secondary N) is 2. The monoisotopic (exact) mass is 316 g/mol. The van der Waals surface area contributed by atoms with Crippen molar-refractivity contribution < 1.29 is 4.74 Å². The van der Waals surface area contributed by atoms with Gasteiger partial charge in [-0.05, 0) is 67.9 Å². The van der Waals surface area contributed by atoms with Crippen LogP contribution in [0.4, 0.5) is 5.69 Å². The van der Waals surface area contributed by atoms with Gasteiger partial charge < -0.3 is 15.4 Å². The van der Waals surface area contributed by atoms with Crippen molar-refractivity contribution in [2.75, 3.05) is 18.4 Å². The van der Waals surface area contributed by atoms with E-state index in [1.54, 1.807) is 0 Å². The first-order valence-electron chi connectivity index (χ1n) is 7.80. The molecule has 2 aromatic carbocycles. The summed E-state index contributed by atoms with van der Waals surface area (Å²) in [4.78, 5) is 0. The van der Waals surface area contributed by atoms with E-state index in [0.29, 0.717) is 11.1 Å². The van der Waals surface area contributed by atoms with E-state index in [2.05, 4.69) is 10.6 Å². The number of hydrogen-bond donors (Lipinski definition) is 2. The zero-order valence-corrected chi connectivity index (χ0v) is 13.3. The second-order valence-electron chi connectivity index (χ2n) is 5.61. The van der Waals surface area contributed by atoms with Crippen LogP contribution >= 0.6 is 11.6 Å². The first-order chi connectivity index (χ1) is 10.8. The van der Waals surface area contributed by atoms with Crippen LogP contribution in [-0.4, -0.2) is 19.1 Å². The molecule has 0 radical (unpaired) electrons. The number of piperidine rings is 1. The van der Waals surface area contributed by atoms with Gasteiger partial charge in [0.15, 0.2) is 0 Å². The summed E-state index contributed by atoms with van der Waals surface area (Å²) < 4.78 is 5.78. The molecule has 1 unspecified atom stereocenters. The summed E-state index contributed by atoms with van der Waals surface area (Å²) in [6.45, 7) is 2.11. The molecule has 1 aliphatic rings. The van der Waals surface area contributed by atoms with Crippen LogP contribution in [0.3, 0.4) is 0 Å². The quantitative estimate of drug-likeness (QED) is 0.839. The van der Waals surface area contributed by atoms with Crippen LogP contribution in [0.1, 0.15) is 19.3 Å². The van der Waals surface area contributed by atoms with Crippen molar-refractivity contribution >= 4 is 17.3 Å². The Balaban J connectivity index is 1.52. The summed E-state index contributed by atoms with van der Waals surface area (Å²) >= 11 is 5.87. The molecular formula is C18H21ClN2O. The second-order valence-corrected chi connectivity index (χ2v) is 6.04. The SMILES string of the molecule is Clc1ccc(Oc2ccc(NCC3CCCCN3)cc2)cc1. The molecule has 0 saturated carbocycles. The number of halogens is 1. The molecule has 2 N–H and O–H groups in total. The molecule has 1 aliphatic heterocycles. The highest BCUT2D eigenvalue weighted by Crippen LogP contribution is 2.24. The molecule has 1 heterocycles. The fourth-order valence-corrected chi connectivity index (χ4v) is 2.74. The Labute approximate surface area is 136 Å². The normalized spacial score (nSPS) is 18.0. The summed E-state index contributed by atoms with van der Waals surface area (Å²) in [6.07, 6.45) is 3.88. The van der Waals surface area contributed by atoms with Gasteiger partial charge in [-0.1, -0.05) is 18.0 Å². The molecule has 1 fully saturated rings. The van der Waals surface area contributed by atoms with Crippen molar-refractivity contribution in [3.63, 3.8) is 0 Å². The van der Waals surface area contributed by atoms with E-state index in [4.69, 9.17) is 16.3 Å². The van der Waals surface area contributed by atoms with Crippen molar-refractivity contribution in [3.8, 4) is 11.5 Å². The Morgan fingerprint density at radius 1 is 1.00 bits per heavy atom. The van der Waals surface area contributed by atoms with Gasteiger partial charge in [-0.15, -0.1) is 0 Å². The molecule has 0 aromatic heterocycles. The maximum Gasteiger partial charge on any atom is 0.127 e. The van der Waals surface area contributed by atoms with Crippen molar-refractivity contribution in [2.24, 2.45) is 0 Å². The van der Waals surface area contributed by atoms with Gasteiger partial charge in [0, 0.05) is 23.3 Å². The fraction of sp³-hybridized carbons (Fsp3) is 0.333. The summed E-state index contributed by atoms with van der Waals surface area (Å²) in [5, 5.41) is 7.73. The van der Waals surface area contributed by atoms with Crippen molar-refractivity contribution in [2.45, 2.75) is 25.3 Å². The summed E-state index contributed by atoms with van der Waals surface area (Å²) in [5.41, 5.74) is 1.12. The zero-order chi connectivity index (χ0) is 15.2. The van der Waals surface area contributed by atoms with Crippen LogP contribution in [0.5, 0.6) is 11.5 Å². The molecular weight excluding hydrogens is 296 g/mol. The number of anilines is 1. The Kier molecular flexibility index (Phi) is 5.20. The van der Waals surface area contributed by atoms with Gasteiger partial charge >= 0.3 is 0 Å². The minimum Gasteiger partial charge on any atom is -0.457 e. The van der Waals surface area contributed by atoms with Gasteiger partial charge in [-0.2, -0.15) is 0 Å². The predicted molar refractivity (Wildman–Crippen MR) is 92.1 cm³/mol. The maximum absolute atomic E-state index is 5.87. The molecule has 0 spiro atoms. The summed E-state index contributed by atoms with van der Waals surface area (Å²) in [5.74, 6) is 1.61. The lowest BCUT2D eigenvalue weighted by atomic mass is 10.1. The Bertz CT molecular complexity index is 577. The number of rotatable bonds is 5. The van der Waals surface area contributed by atoms with Crippen LogP contribution < -0.4 is 15.4 Å². The van der Waals surface area contributed by atoms with E-state index < -0.39 is 0 Å². The highest BCUT2D eigenvalue weighted by molar-refractivity contribution is 6.30. The molecule has 116 valence electrons. The van der Waals surface area contributed by atoms with Gasteiger partial charge in [0.05, 0.1) is 0 Å². The first-order valence-corrected chi connectivity index (χ1v) is 8.18. The van der Waals surface area contributed by atoms with E-state index in [-0.39, 0.29) is 0 Å². The third-order valence-corrected chi connectivity index (χ3v) is 4.12. The average Bonchev–Trinajstić information content (AvgIpc) is 2.57. The molecule has 0 bridgehead atoms. The van der Waals surface area contributed by atoms with Crippen molar-refractivity contribution in [1.82, 2.24) is 5.32 Å². The Morgan fingerprint density at radius 2 is 1.68 bits per heavy atom. The molecule has 0 aliphatic carbocycles. The summed E-state index contributed by atoms with van der Waals surface area (Å²) in [7, 11) is 0. The lowest BCUT2D eigenvalue weighted by Gasteiger charge is -2.24. The van der Waals surface area contributed by atoms with Gasteiger partial charge in [-0.25, -0.2) is 0 Å². The minimum atomic E-state index is 0.582. The number of ether oxygens (including phenoxy) is 1. The molecule has 4 heteroatoms. The smallest absolute Gasteiger partial charge is 0.127 e. The van der Waals surface area contributed by atoms with Crippen LogP contribution in [0.2, 0.25) is 5.02 Å². The van der Waals surface area contributed by atoms with E-state index in [1.165, 1.54) is 19.3 Å². The van der Waals surface area contributed by atoms with E-state index in [0.717, 1.165) is 30.3 Å². The second kappa shape index (κ2) is 7.52. The van der Waals surface area contributed by atoms with E-state index in [9.17, 15) is 0 Å².